The standard InChI is InChI=1S/C19H38N4O2.HI/c1-4-20-19(21-8-5-11-25-15-17-6-7-17)22-14-18(16(2)3)23-9-12-24-13-10-23;/h16-18H,4-15H2,1-3H3,(H2,20,21,22);1H. The molecule has 0 aromatic rings. The van der Waals surface area contributed by atoms with Crippen LogP contribution in [0.4, 0.5) is 0 Å². The van der Waals surface area contributed by atoms with E-state index in [2.05, 4.69) is 36.3 Å². The number of ether oxygens (including phenoxy) is 2. The van der Waals surface area contributed by atoms with E-state index >= 15 is 0 Å². The zero-order chi connectivity index (χ0) is 17.9. The summed E-state index contributed by atoms with van der Waals surface area (Å²) in [4.78, 5) is 7.36. The Morgan fingerprint density at radius 3 is 2.58 bits per heavy atom. The van der Waals surface area contributed by atoms with Crippen molar-refractivity contribution in [2.45, 2.75) is 46.1 Å². The van der Waals surface area contributed by atoms with Gasteiger partial charge in [-0.2, -0.15) is 0 Å². The van der Waals surface area contributed by atoms with E-state index < -0.39 is 0 Å². The molecule has 1 aliphatic heterocycles. The molecule has 0 aromatic heterocycles. The molecule has 2 rings (SSSR count). The zero-order valence-electron chi connectivity index (χ0n) is 16.8. The molecule has 1 aliphatic carbocycles. The van der Waals surface area contributed by atoms with E-state index in [0.29, 0.717) is 12.0 Å². The summed E-state index contributed by atoms with van der Waals surface area (Å²) >= 11 is 0. The highest BCUT2D eigenvalue weighted by Gasteiger charge is 2.23. The number of rotatable bonds is 11. The second-order valence-corrected chi connectivity index (χ2v) is 7.48. The normalized spacial score (nSPS) is 19.9. The first kappa shape index (κ1) is 23.9. The third kappa shape index (κ3) is 9.71. The highest BCUT2D eigenvalue weighted by atomic mass is 127. The fraction of sp³-hybridized carbons (Fsp3) is 0.947. The van der Waals surface area contributed by atoms with Crippen LogP contribution in [0.15, 0.2) is 4.99 Å². The molecule has 0 spiro atoms. The van der Waals surface area contributed by atoms with Gasteiger partial charge in [-0.1, -0.05) is 13.8 Å². The second kappa shape index (κ2) is 14.0. The number of halogens is 1. The highest BCUT2D eigenvalue weighted by molar-refractivity contribution is 14.0. The van der Waals surface area contributed by atoms with Gasteiger partial charge in [0.25, 0.3) is 0 Å². The lowest BCUT2D eigenvalue weighted by atomic mass is 10.0. The third-order valence-electron chi connectivity index (χ3n) is 4.87. The molecule has 7 heteroatoms. The van der Waals surface area contributed by atoms with Gasteiger partial charge in [0.2, 0.25) is 0 Å². The van der Waals surface area contributed by atoms with Crippen molar-refractivity contribution in [3.63, 3.8) is 0 Å². The van der Waals surface area contributed by atoms with Crippen LogP contribution in [0.1, 0.15) is 40.0 Å². The van der Waals surface area contributed by atoms with Gasteiger partial charge in [-0.25, -0.2) is 0 Å². The van der Waals surface area contributed by atoms with Crippen molar-refractivity contribution in [2.24, 2.45) is 16.8 Å². The smallest absolute Gasteiger partial charge is 0.191 e. The van der Waals surface area contributed by atoms with Gasteiger partial charge in [-0.3, -0.25) is 9.89 Å². The number of morpholine rings is 1. The first-order valence-electron chi connectivity index (χ1n) is 10.1. The SMILES string of the molecule is CCNC(=NCC(C(C)C)N1CCOCC1)NCCCOCC1CC1.I. The fourth-order valence-corrected chi connectivity index (χ4v) is 3.10. The molecule has 0 bridgehead atoms. The van der Waals surface area contributed by atoms with Gasteiger partial charge >= 0.3 is 0 Å². The van der Waals surface area contributed by atoms with Crippen molar-refractivity contribution >= 4 is 29.9 Å². The Labute approximate surface area is 176 Å². The van der Waals surface area contributed by atoms with Gasteiger partial charge in [0.15, 0.2) is 5.96 Å². The summed E-state index contributed by atoms with van der Waals surface area (Å²) in [7, 11) is 0. The quantitative estimate of drug-likeness (QED) is 0.205. The molecule has 26 heavy (non-hydrogen) atoms. The van der Waals surface area contributed by atoms with E-state index in [0.717, 1.165) is 77.4 Å². The van der Waals surface area contributed by atoms with Crippen LogP contribution < -0.4 is 10.6 Å². The molecule has 0 aromatic carbocycles. The summed E-state index contributed by atoms with van der Waals surface area (Å²) in [6.07, 6.45) is 3.74. The number of nitrogens with one attached hydrogen (secondary N) is 2. The van der Waals surface area contributed by atoms with E-state index in [9.17, 15) is 0 Å². The maximum absolute atomic E-state index is 5.69. The van der Waals surface area contributed by atoms with Crippen LogP contribution in [-0.2, 0) is 9.47 Å². The number of guanidine groups is 1. The largest absolute Gasteiger partial charge is 0.381 e. The summed E-state index contributed by atoms with van der Waals surface area (Å²) in [5.74, 6) is 2.35. The van der Waals surface area contributed by atoms with Crippen LogP contribution >= 0.6 is 24.0 Å². The van der Waals surface area contributed by atoms with Gasteiger partial charge in [-0.15, -0.1) is 24.0 Å². The molecule has 154 valence electrons. The molecular formula is C19H39IN4O2. The van der Waals surface area contributed by atoms with Crippen LogP contribution in [0.2, 0.25) is 0 Å². The number of hydrogen-bond donors (Lipinski definition) is 2. The lowest BCUT2D eigenvalue weighted by Gasteiger charge is -2.36. The number of nitrogens with zero attached hydrogens (tertiary/aromatic N) is 2. The van der Waals surface area contributed by atoms with Crippen LogP contribution in [0.5, 0.6) is 0 Å². The molecular weight excluding hydrogens is 443 g/mol. The topological polar surface area (TPSA) is 58.1 Å². The Kier molecular flexibility index (Phi) is 12.8. The van der Waals surface area contributed by atoms with Crippen LogP contribution in [0, 0.1) is 11.8 Å². The molecule has 1 saturated carbocycles. The Morgan fingerprint density at radius 2 is 1.96 bits per heavy atom. The van der Waals surface area contributed by atoms with Gasteiger partial charge in [-0.05, 0) is 38.0 Å². The zero-order valence-corrected chi connectivity index (χ0v) is 19.2. The Bertz CT molecular complexity index is 386. The maximum atomic E-state index is 5.69. The first-order chi connectivity index (χ1) is 12.2. The van der Waals surface area contributed by atoms with Gasteiger partial charge in [0, 0.05) is 45.4 Å². The lowest BCUT2D eigenvalue weighted by Crippen LogP contribution is -2.48. The van der Waals surface area contributed by atoms with Crippen molar-refractivity contribution < 1.29 is 9.47 Å². The maximum Gasteiger partial charge on any atom is 0.191 e. The Hall–Kier alpha value is -0.120. The summed E-state index contributed by atoms with van der Waals surface area (Å²) in [6, 6.07) is 0.473. The van der Waals surface area contributed by atoms with Gasteiger partial charge < -0.3 is 20.1 Å². The van der Waals surface area contributed by atoms with Crippen molar-refractivity contribution in [1.82, 2.24) is 15.5 Å². The van der Waals surface area contributed by atoms with Crippen LogP contribution in [-0.4, -0.2) is 76.1 Å². The second-order valence-electron chi connectivity index (χ2n) is 7.48. The lowest BCUT2D eigenvalue weighted by molar-refractivity contribution is 0.00867. The minimum Gasteiger partial charge on any atom is -0.381 e. The van der Waals surface area contributed by atoms with Crippen molar-refractivity contribution in [2.75, 3.05) is 59.2 Å². The average Bonchev–Trinajstić information content (AvgIpc) is 3.43. The molecule has 1 atom stereocenters. The Balaban J connectivity index is 0.00000338. The molecule has 0 amide bonds. The first-order valence-corrected chi connectivity index (χ1v) is 10.1. The fourth-order valence-electron chi connectivity index (χ4n) is 3.10. The van der Waals surface area contributed by atoms with E-state index in [1.54, 1.807) is 0 Å². The van der Waals surface area contributed by atoms with E-state index in [1.807, 2.05) is 0 Å². The Morgan fingerprint density at radius 1 is 1.23 bits per heavy atom. The minimum atomic E-state index is 0. The minimum absolute atomic E-state index is 0. The monoisotopic (exact) mass is 482 g/mol. The van der Waals surface area contributed by atoms with Crippen LogP contribution in [0.3, 0.4) is 0 Å². The van der Waals surface area contributed by atoms with Crippen molar-refractivity contribution in [3.05, 3.63) is 0 Å². The van der Waals surface area contributed by atoms with Crippen LogP contribution in [0.25, 0.3) is 0 Å². The van der Waals surface area contributed by atoms with Gasteiger partial charge in [0.1, 0.15) is 0 Å². The summed E-state index contributed by atoms with van der Waals surface area (Å²) in [5, 5.41) is 6.79. The molecule has 2 N–H and O–H groups in total. The molecule has 1 heterocycles. The molecule has 6 nitrogen and oxygen atoms in total. The van der Waals surface area contributed by atoms with Crippen molar-refractivity contribution in [3.8, 4) is 0 Å². The van der Waals surface area contributed by atoms with Crippen molar-refractivity contribution in [1.29, 1.82) is 0 Å². The average molecular weight is 482 g/mol. The van der Waals surface area contributed by atoms with Gasteiger partial charge in [0.05, 0.1) is 19.8 Å². The summed E-state index contributed by atoms with van der Waals surface area (Å²) in [6.45, 7) is 14.8. The number of hydrogen-bond acceptors (Lipinski definition) is 4. The predicted octanol–water partition coefficient (Wildman–Crippen LogP) is 2.33. The van der Waals surface area contributed by atoms with E-state index in [-0.39, 0.29) is 24.0 Å². The third-order valence-corrected chi connectivity index (χ3v) is 4.87. The van der Waals surface area contributed by atoms with E-state index in [1.165, 1.54) is 12.8 Å². The van der Waals surface area contributed by atoms with E-state index in [4.69, 9.17) is 14.5 Å². The number of aliphatic imine (C=N–C) groups is 1. The molecule has 0 radical (unpaired) electrons. The molecule has 2 aliphatic rings. The summed E-state index contributed by atoms with van der Waals surface area (Å²) < 4.78 is 11.2. The summed E-state index contributed by atoms with van der Waals surface area (Å²) in [5.41, 5.74) is 0. The molecule has 1 unspecified atom stereocenters. The predicted molar refractivity (Wildman–Crippen MR) is 119 cm³/mol. The molecule has 2 fully saturated rings. The molecule has 1 saturated heterocycles. The highest BCUT2D eigenvalue weighted by Crippen LogP contribution is 2.28.